The third-order valence-corrected chi connectivity index (χ3v) is 6.85. The predicted molar refractivity (Wildman–Crippen MR) is 124 cm³/mol. The second-order valence-electron chi connectivity index (χ2n) is 8.76. The molecule has 3 aliphatic heterocycles. The summed E-state index contributed by atoms with van der Waals surface area (Å²) in [5, 5.41) is 12.1. The molecule has 0 bridgehead atoms. The summed E-state index contributed by atoms with van der Waals surface area (Å²) in [6.45, 7) is 1.61. The summed E-state index contributed by atoms with van der Waals surface area (Å²) < 4.78 is 13.3. The van der Waals surface area contributed by atoms with Crippen LogP contribution < -0.4 is 14.4 Å². The number of aliphatic hydroxyl groups is 1. The van der Waals surface area contributed by atoms with Gasteiger partial charge in [0.1, 0.15) is 5.69 Å². The zero-order chi connectivity index (χ0) is 21.5. The normalized spacial score (nSPS) is 22.1. The Balaban J connectivity index is 1.38. The molecule has 6 rings (SSSR count). The molecule has 0 radical (unpaired) electrons. The van der Waals surface area contributed by atoms with Crippen LogP contribution in [0.3, 0.4) is 0 Å². The van der Waals surface area contributed by atoms with Gasteiger partial charge in [-0.05, 0) is 42.5 Å². The van der Waals surface area contributed by atoms with Crippen molar-refractivity contribution in [1.29, 1.82) is 0 Å². The Morgan fingerprint density at radius 2 is 1.59 bits per heavy atom. The van der Waals surface area contributed by atoms with Gasteiger partial charge < -0.3 is 14.6 Å². The zero-order valence-electron chi connectivity index (χ0n) is 18.0. The summed E-state index contributed by atoms with van der Waals surface area (Å²) in [5.41, 5.74) is 3.24. The molecule has 32 heavy (non-hydrogen) atoms. The fourth-order valence-electron chi connectivity index (χ4n) is 5.17. The lowest BCUT2D eigenvalue weighted by Crippen LogP contribution is -2.41. The maximum absolute atomic E-state index is 12.1. The van der Waals surface area contributed by atoms with E-state index < -0.39 is 5.72 Å². The minimum Gasteiger partial charge on any atom is -0.454 e. The average molecular weight is 428 g/mol. The van der Waals surface area contributed by atoms with Crippen LogP contribution in [0, 0.1) is 0 Å². The Morgan fingerprint density at radius 1 is 0.812 bits per heavy atom. The molecule has 0 aliphatic carbocycles. The molecule has 1 N–H and O–H groups in total. The molecule has 0 saturated heterocycles. The monoisotopic (exact) mass is 427 g/mol. The number of β-amino-alcohol motifs (C(OH)–C–C–N with tert-alkyl or cyclic N) is 1. The Bertz CT molecular complexity index is 1170. The highest BCUT2D eigenvalue weighted by Gasteiger charge is 2.52. The summed E-state index contributed by atoms with van der Waals surface area (Å²) in [5.74, 6) is 2.74. The lowest BCUT2D eigenvalue weighted by atomic mass is 9.98. The molecule has 3 aliphatic rings. The fourth-order valence-corrected chi connectivity index (χ4v) is 5.17. The summed E-state index contributed by atoms with van der Waals surface area (Å²) >= 11 is 0. The number of hydrogen-bond acceptors (Lipinski definition) is 4. The SMILES string of the molecule is OC1(c2ccc(-c3ccccc3)cc2)CN(c2ccc3c(c2)OCO3)C2=[N+]1CCCCC2. The first-order valence-corrected chi connectivity index (χ1v) is 11.4. The van der Waals surface area contributed by atoms with Crippen LogP contribution in [-0.4, -0.2) is 35.4 Å². The summed E-state index contributed by atoms with van der Waals surface area (Å²) in [6, 6.07) is 24.8. The van der Waals surface area contributed by atoms with Crippen molar-refractivity contribution in [1.82, 2.24) is 0 Å². The van der Waals surface area contributed by atoms with E-state index >= 15 is 0 Å². The molecule has 1 atom stereocenters. The first-order chi connectivity index (χ1) is 15.7. The number of hydrogen-bond donors (Lipinski definition) is 1. The topological polar surface area (TPSA) is 44.9 Å². The van der Waals surface area contributed by atoms with Crippen LogP contribution in [0.25, 0.3) is 11.1 Å². The van der Waals surface area contributed by atoms with Gasteiger partial charge in [0.25, 0.3) is 11.6 Å². The van der Waals surface area contributed by atoms with Gasteiger partial charge in [0, 0.05) is 18.1 Å². The first-order valence-electron chi connectivity index (χ1n) is 11.4. The van der Waals surface area contributed by atoms with E-state index in [-0.39, 0.29) is 6.79 Å². The van der Waals surface area contributed by atoms with Gasteiger partial charge in [0.05, 0.1) is 6.54 Å². The maximum atomic E-state index is 12.1. The molecule has 162 valence electrons. The van der Waals surface area contributed by atoms with Crippen LogP contribution in [0.4, 0.5) is 5.69 Å². The molecule has 0 fully saturated rings. The van der Waals surface area contributed by atoms with E-state index in [1.807, 2.05) is 18.2 Å². The summed E-state index contributed by atoms with van der Waals surface area (Å²) in [6.07, 6.45) is 4.36. The molecule has 0 saturated carbocycles. The van der Waals surface area contributed by atoms with Gasteiger partial charge in [0.2, 0.25) is 6.79 Å². The van der Waals surface area contributed by atoms with Crippen LogP contribution >= 0.6 is 0 Å². The van der Waals surface area contributed by atoms with E-state index in [1.54, 1.807) is 0 Å². The molecule has 3 aromatic rings. The summed E-state index contributed by atoms with van der Waals surface area (Å²) in [7, 11) is 0. The van der Waals surface area contributed by atoms with Crippen LogP contribution in [0.15, 0.2) is 72.8 Å². The van der Waals surface area contributed by atoms with Crippen molar-refractivity contribution in [2.24, 2.45) is 0 Å². The van der Waals surface area contributed by atoms with Gasteiger partial charge in [-0.1, -0.05) is 54.6 Å². The highest BCUT2D eigenvalue weighted by atomic mass is 16.7. The second kappa shape index (κ2) is 7.68. The standard InChI is InChI=1S/C27H27N2O3/c30-27(22-12-10-21(11-13-22)20-7-3-1-4-8-20)18-28(26-9-5-2-6-16-29(26)27)23-14-15-24-25(17-23)32-19-31-24/h1,3-4,7-8,10-15,17,30H,2,5-6,9,16,18-19H2/q+1. The third-order valence-electron chi connectivity index (χ3n) is 6.85. The molecule has 5 nitrogen and oxygen atoms in total. The first kappa shape index (κ1) is 19.4. The van der Waals surface area contributed by atoms with E-state index in [1.165, 1.54) is 17.8 Å². The van der Waals surface area contributed by atoms with Crippen molar-refractivity contribution >= 4 is 11.5 Å². The van der Waals surface area contributed by atoms with E-state index in [2.05, 4.69) is 64.1 Å². The smallest absolute Gasteiger partial charge is 0.271 e. The third kappa shape index (κ3) is 3.16. The number of nitrogens with zero attached hydrogens (tertiary/aromatic N) is 2. The van der Waals surface area contributed by atoms with Crippen LogP contribution in [0.2, 0.25) is 0 Å². The van der Waals surface area contributed by atoms with Crippen LogP contribution in [0.1, 0.15) is 31.2 Å². The Morgan fingerprint density at radius 3 is 2.44 bits per heavy atom. The molecule has 3 heterocycles. The molecule has 0 amide bonds. The van der Waals surface area contributed by atoms with Crippen molar-refractivity contribution in [2.75, 3.05) is 24.8 Å². The van der Waals surface area contributed by atoms with E-state index in [4.69, 9.17) is 9.47 Å². The minimum absolute atomic E-state index is 0.263. The van der Waals surface area contributed by atoms with Gasteiger partial charge in [-0.2, -0.15) is 0 Å². The number of rotatable bonds is 3. The van der Waals surface area contributed by atoms with Crippen LogP contribution in [0.5, 0.6) is 11.5 Å². The molecular formula is C27H27N2O3+. The number of amidine groups is 1. The van der Waals surface area contributed by atoms with Crippen molar-refractivity contribution < 1.29 is 19.2 Å². The van der Waals surface area contributed by atoms with Crippen molar-refractivity contribution in [3.63, 3.8) is 0 Å². The Kier molecular flexibility index (Phi) is 4.65. The van der Waals surface area contributed by atoms with Crippen molar-refractivity contribution in [2.45, 2.75) is 31.4 Å². The lowest BCUT2D eigenvalue weighted by molar-refractivity contribution is -0.658. The number of fused-ring (bicyclic) bond motifs is 1. The van der Waals surface area contributed by atoms with Gasteiger partial charge in [-0.25, -0.2) is 9.48 Å². The molecule has 0 spiro atoms. The van der Waals surface area contributed by atoms with E-state index in [0.717, 1.165) is 54.1 Å². The van der Waals surface area contributed by atoms with Crippen molar-refractivity contribution in [3.05, 3.63) is 78.4 Å². The van der Waals surface area contributed by atoms with Crippen LogP contribution in [-0.2, 0) is 5.72 Å². The average Bonchev–Trinajstić information content (AvgIpc) is 3.32. The fraction of sp³-hybridized carbons (Fsp3) is 0.296. The Labute approximate surface area is 188 Å². The van der Waals surface area contributed by atoms with E-state index in [9.17, 15) is 5.11 Å². The van der Waals surface area contributed by atoms with Gasteiger partial charge in [-0.15, -0.1) is 0 Å². The highest BCUT2D eigenvalue weighted by molar-refractivity contribution is 5.96. The minimum atomic E-state index is -1.06. The molecular weight excluding hydrogens is 400 g/mol. The van der Waals surface area contributed by atoms with Crippen molar-refractivity contribution in [3.8, 4) is 22.6 Å². The highest BCUT2D eigenvalue weighted by Crippen LogP contribution is 2.40. The Hall–Kier alpha value is -3.31. The predicted octanol–water partition coefficient (Wildman–Crippen LogP) is 4.73. The number of anilines is 1. The van der Waals surface area contributed by atoms with Gasteiger partial charge >= 0.3 is 0 Å². The van der Waals surface area contributed by atoms with Gasteiger partial charge in [-0.3, -0.25) is 0 Å². The summed E-state index contributed by atoms with van der Waals surface area (Å²) in [4.78, 5) is 2.26. The van der Waals surface area contributed by atoms with Gasteiger partial charge in [0.15, 0.2) is 18.0 Å². The molecule has 5 heteroatoms. The number of benzene rings is 3. The second-order valence-corrected chi connectivity index (χ2v) is 8.76. The molecule has 1 unspecified atom stereocenters. The lowest BCUT2D eigenvalue weighted by Gasteiger charge is -2.24. The largest absolute Gasteiger partial charge is 0.454 e. The number of ether oxygens (including phenoxy) is 2. The molecule has 0 aromatic heterocycles. The maximum Gasteiger partial charge on any atom is 0.271 e. The molecule has 3 aromatic carbocycles. The zero-order valence-corrected chi connectivity index (χ0v) is 18.0. The van der Waals surface area contributed by atoms with E-state index in [0.29, 0.717) is 6.54 Å². The quantitative estimate of drug-likeness (QED) is 0.614.